The van der Waals surface area contributed by atoms with Crippen LogP contribution in [0.1, 0.15) is 25.0 Å². The van der Waals surface area contributed by atoms with E-state index in [1.54, 1.807) is 19.1 Å². The Morgan fingerprint density at radius 3 is 2.51 bits per heavy atom. The zero-order chi connectivity index (χ0) is 34.0. The van der Waals surface area contributed by atoms with Gasteiger partial charge >= 0.3 is 12.1 Å². The van der Waals surface area contributed by atoms with Crippen molar-refractivity contribution in [2.24, 2.45) is 0 Å². The lowest BCUT2D eigenvalue weighted by atomic mass is 9.98. The van der Waals surface area contributed by atoms with Crippen LogP contribution < -0.4 is 36.2 Å². The number of hydrogen-bond acceptors (Lipinski definition) is 8. The number of fused-ring (bicyclic) bond motifs is 1. The molecule has 0 saturated heterocycles. The average Bonchev–Trinajstić information content (AvgIpc) is 3.21. The Kier molecular flexibility index (Phi) is 12.5. The van der Waals surface area contributed by atoms with Gasteiger partial charge in [-0.3, -0.25) is 4.79 Å². The minimum atomic E-state index is -0.903. The Bertz CT molecular complexity index is 1540. The number of ether oxygens (including phenoxy) is 1. The van der Waals surface area contributed by atoms with Crippen molar-refractivity contribution in [1.82, 2.24) is 26.6 Å². The Morgan fingerprint density at radius 2 is 1.81 bits per heavy atom. The molecule has 4 rings (SSSR count). The van der Waals surface area contributed by atoms with E-state index in [0.29, 0.717) is 18.0 Å². The SMILES string of the molecule is CNC(=O)NCc1ccccc1-c1ccc(CN2C(=O)[C@H](NC(=O)NCC(C)(C)NC[C@H](O)CO)CSc3cc(OC)ccc32)cc1. The van der Waals surface area contributed by atoms with Gasteiger partial charge in [0.25, 0.3) is 5.91 Å². The van der Waals surface area contributed by atoms with Crippen LogP contribution in [-0.2, 0) is 17.9 Å². The molecule has 5 amide bonds. The fourth-order valence-electron chi connectivity index (χ4n) is 5.00. The first-order chi connectivity index (χ1) is 22.5. The summed E-state index contributed by atoms with van der Waals surface area (Å²) in [5, 5.41) is 32.9. The number of rotatable bonds is 13. The van der Waals surface area contributed by atoms with Crippen LogP contribution in [0.4, 0.5) is 15.3 Å². The van der Waals surface area contributed by atoms with Gasteiger partial charge < -0.3 is 46.4 Å². The summed E-state index contributed by atoms with van der Waals surface area (Å²) in [5.74, 6) is 0.755. The standard InChI is InChI=1S/C34H44N6O6S/c1-34(2,38-17-25(42)19-41)21-37-33(45)39-28-20-47-30-15-26(46-4)13-14-29(30)40(31(28)43)18-22-9-11-23(12-10-22)27-8-6-5-7-24(27)16-36-32(44)35-3/h5-15,25,28,38,41-42H,16-21H2,1-4H3,(H2,35,36,44)(H2,37,39,45)/t25-,28+/m0/s1. The van der Waals surface area contributed by atoms with Gasteiger partial charge in [0.2, 0.25) is 0 Å². The molecule has 12 nitrogen and oxygen atoms in total. The van der Waals surface area contributed by atoms with Gasteiger partial charge in [0.1, 0.15) is 11.8 Å². The van der Waals surface area contributed by atoms with Crippen LogP contribution in [0, 0.1) is 0 Å². The van der Waals surface area contributed by atoms with E-state index < -0.39 is 23.7 Å². The van der Waals surface area contributed by atoms with Crippen molar-refractivity contribution in [1.29, 1.82) is 0 Å². The summed E-state index contributed by atoms with van der Waals surface area (Å²) in [6.07, 6.45) is -0.903. The van der Waals surface area contributed by atoms with Crippen molar-refractivity contribution in [2.75, 3.05) is 44.5 Å². The predicted molar refractivity (Wildman–Crippen MR) is 184 cm³/mol. The molecule has 1 heterocycles. The average molecular weight is 665 g/mol. The van der Waals surface area contributed by atoms with Crippen molar-refractivity contribution in [3.8, 4) is 16.9 Å². The van der Waals surface area contributed by atoms with E-state index in [9.17, 15) is 19.5 Å². The number of benzene rings is 3. The monoisotopic (exact) mass is 664 g/mol. The molecule has 1 aliphatic rings. The molecule has 7 N–H and O–H groups in total. The number of thioether (sulfide) groups is 1. The topological polar surface area (TPSA) is 164 Å². The van der Waals surface area contributed by atoms with E-state index in [0.717, 1.165) is 32.8 Å². The maximum Gasteiger partial charge on any atom is 0.315 e. The highest BCUT2D eigenvalue weighted by Gasteiger charge is 2.33. The highest BCUT2D eigenvalue weighted by Crippen LogP contribution is 2.38. The van der Waals surface area contributed by atoms with Crippen molar-refractivity contribution >= 4 is 35.4 Å². The first-order valence-electron chi connectivity index (χ1n) is 15.4. The normalized spacial score (nSPS) is 15.2. The zero-order valence-electron chi connectivity index (χ0n) is 27.1. The third kappa shape index (κ3) is 9.85. The van der Waals surface area contributed by atoms with Crippen LogP contribution in [0.2, 0.25) is 0 Å². The molecule has 47 heavy (non-hydrogen) atoms. The van der Waals surface area contributed by atoms with Gasteiger partial charge in [-0.2, -0.15) is 0 Å². The van der Waals surface area contributed by atoms with Gasteiger partial charge in [0.15, 0.2) is 0 Å². The number of aliphatic hydroxyl groups is 2. The van der Waals surface area contributed by atoms with Crippen LogP contribution in [0.3, 0.4) is 0 Å². The summed E-state index contributed by atoms with van der Waals surface area (Å²) in [6.45, 7) is 4.42. The molecular weight excluding hydrogens is 620 g/mol. The number of nitrogens with one attached hydrogen (secondary N) is 5. The number of β-amino-alcohol motifs (C(OH)–C–C–N with tert-alkyl or cyclic N) is 1. The van der Waals surface area contributed by atoms with Gasteiger partial charge in [-0.1, -0.05) is 48.5 Å². The molecular formula is C34H44N6O6S. The Balaban J connectivity index is 1.50. The molecule has 252 valence electrons. The molecule has 0 aliphatic carbocycles. The van der Waals surface area contributed by atoms with E-state index in [-0.39, 0.29) is 38.2 Å². The maximum atomic E-state index is 14.0. The minimum Gasteiger partial charge on any atom is -0.497 e. The van der Waals surface area contributed by atoms with Crippen molar-refractivity contribution in [3.63, 3.8) is 0 Å². The van der Waals surface area contributed by atoms with Crippen molar-refractivity contribution in [2.45, 2.75) is 49.5 Å². The smallest absolute Gasteiger partial charge is 0.315 e. The summed E-state index contributed by atoms with van der Waals surface area (Å²) >= 11 is 1.47. The van der Waals surface area contributed by atoms with Crippen LogP contribution >= 0.6 is 11.8 Å². The molecule has 0 radical (unpaired) electrons. The Hall–Kier alpha value is -4.30. The number of carbonyl (C=O) groups excluding carboxylic acids is 3. The molecule has 0 saturated carbocycles. The third-order valence-electron chi connectivity index (χ3n) is 7.74. The van der Waals surface area contributed by atoms with E-state index in [1.807, 2.05) is 80.6 Å². The van der Waals surface area contributed by atoms with E-state index in [4.69, 9.17) is 9.84 Å². The van der Waals surface area contributed by atoms with Crippen LogP contribution in [0.25, 0.3) is 11.1 Å². The van der Waals surface area contributed by atoms with Gasteiger partial charge in [0.05, 0.1) is 32.1 Å². The fraction of sp³-hybridized carbons (Fsp3) is 0.382. The van der Waals surface area contributed by atoms with Crippen LogP contribution in [0.5, 0.6) is 5.75 Å². The molecule has 1 aliphatic heterocycles. The summed E-state index contributed by atoms with van der Waals surface area (Å²) in [4.78, 5) is 41.3. The van der Waals surface area contributed by atoms with E-state index in [2.05, 4.69) is 26.6 Å². The first kappa shape index (κ1) is 35.6. The molecule has 3 aromatic carbocycles. The molecule has 0 fully saturated rings. The number of hydrogen-bond donors (Lipinski definition) is 7. The number of nitrogens with zero attached hydrogens (tertiary/aromatic N) is 1. The second kappa shape index (κ2) is 16.5. The van der Waals surface area contributed by atoms with E-state index >= 15 is 0 Å². The third-order valence-corrected chi connectivity index (χ3v) is 8.88. The number of amides is 5. The Morgan fingerprint density at radius 1 is 1.06 bits per heavy atom. The second-order valence-electron chi connectivity index (χ2n) is 11.8. The number of methoxy groups -OCH3 is 1. The molecule has 13 heteroatoms. The number of carbonyl (C=O) groups is 3. The van der Waals surface area contributed by atoms with Gasteiger partial charge in [-0.05, 0) is 54.3 Å². The minimum absolute atomic E-state index is 0.170. The largest absolute Gasteiger partial charge is 0.497 e. The maximum absolute atomic E-state index is 14.0. The molecule has 0 unspecified atom stereocenters. The Labute approximate surface area is 279 Å². The molecule has 3 aromatic rings. The fourth-order valence-corrected chi connectivity index (χ4v) is 6.10. The van der Waals surface area contributed by atoms with Crippen molar-refractivity contribution < 1.29 is 29.3 Å². The van der Waals surface area contributed by atoms with E-state index in [1.165, 1.54) is 11.8 Å². The van der Waals surface area contributed by atoms with Gasteiger partial charge in [0, 0.05) is 42.9 Å². The van der Waals surface area contributed by atoms with Gasteiger partial charge in [-0.25, -0.2) is 9.59 Å². The molecule has 0 bridgehead atoms. The van der Waals surface area contributed by atoms with Gasteiger partial charge in [-0.15, -0.1) is 11.8 Å². The van der Waals surface area contributed by atoms with Crippen LogP contribution in [0.15, 0.2) is 71.6 Å². The van der Waals surface area contributed by atoms with Crippen LogP contribution in [-0.4, -0.2) is 85.5 Å². The quantitative estimate of drug-likeness (QED) is 0.147. The molecule has 0 spiro atoms. The molecule has 0 aromatic heterocycles. The first-order valence-corrected chi connectivity index (χ1v) is 16.4. The summed E-state index contributed by atoms with van der Waals surface area (Å²) in [5.41, 5.74) is 4.01. The summed E-state index contributed by atoms with van der Waals surface area (Å²) in [7, 11) is 3.17. The lowest BCUT2D eigenvalue weighted by Crippen LogP contribution is -2.56. The number of anilines is 1. The van der Waals surface area contributed by atoms with Crippen molar-refractivity contribution in [3.05, 3.63) is 77.9 Å². The second-order valence-corrected chi connectivity index (χ2v) is 12.9. The summed E-state index contributed by atoms with van der Waals surface area (Å²) < 4.78 is 5.44. The highest BCUT2D eigenvalue weighted by molar-refractivity contribution is 7.99. The predicted octanol–water partition coefficient (Wildman–Crippen LogP) is 2.82. The highest BCUT2D eigenvalue weighted by atomic mass is 32.2. The zero-order valence-corrected chi connectivity index (χ0v) is 27.9. The lowest BCUT2D eigenvalue weighted by Gasteiger charge is -2.29. The number of urea groups is 2. The lowest BCUT2D eigenvalue weighted by molar-refractivity contribution is -0.120. The number of aliphatic hydroxyl groups excluding tert-OH is 2. The summed E-state index contributed by atoms with van der Waals surface area (Å²) in [6, 6.07) is 19.8. The molecule has 2 atom stereocenters.